The van der Waals surface area contributed by atoms with E-state index < -0.39 is 10.0 Å². The van der Waals surface area contributed by atoms with E-state index in [9.17, 15) is 8.42 Å². The number of rotatable bonds is 13. The van der Waals surface area contributed by atoms with Crippen LogP contribution >= 0.6 is 24.0 Å². The van der Waals surface area contributed by atoms with E-state index in [4.69, 9.17) is 4.74 Å². The molecule has 0 aromatic heterocycles. The minimum atomic E-state index is -3.11. The number of halogens is 1. The zero-order chi connectivity index (χ0) is 18.4. The van der Waals surface area contributed by atoms with Gasteiger partial charge < -0.3 is 15.4 Å². The first kappa shape index (κ1) is 27.1. The summed E-state index contributed by atoms with van der Waals surface area (Å²) in [4.78, 5) is 4.47. The molecule has 0 spiro atoms. The molecule has 1 unspecified atom stereocenters. The standard InChI is InChI=1S/C16H36N4O3S.HI/c1-6-17-16(18-11-9-12-20-24(21,22)8-3)19-13-10-15(14(4)5)23-7-2;/h14-15,20H,6-13H2,1-5H3,(H2,17,18,19);1H. The average molecular weight is 492 g/mol. The number of hydrogen-bond donors (Lipinski definition) is 3. The van der Waals surface area contributed by atoms with Crippen LogP contribution in [-0.4, -0.2) is 59.0 Å². The number of nitrogens with zero attached hydrogens (tertiary/aromatic N) is 1. The van der Waals surface area contributed by atoms with Crippen molar-refractivity contribution in [3.63, 3.8) is 0 Å². The number of guanidine groups is 1. The van der Waals surface area contributed by atoms with Gasteiger partial charge in [-0.15, -0.1) is 24.0 Å². The fourth-order valence-corrected chi connectivity index (χ4v) is 2.76. The molecule has 0 saturated carbocycles. The molecule has 0 rings (SSSR count). The molecule has 0 aromatic rings. The number of hydrogen-bond acceptors (Lipinski definition) is 4. The molecule has 0 fully saturated rings. The highest BCUT2D eigenvalue weighted by Crippen LogP contribution is 2.09. The van der Waals surface area contributed by atoms with Crippen molar-refractivity contribution in [3.05, 3.63) is 0 Å². The molecule has 0 saturated heterocycles. The summed E-state index contributed by atoms with van der Waals surface area (Å²) in [6.45, 7) is 13.3. The fraction of sp³-hybridized carbons (Fsp3) is 0.938. The summed E-state index contributed by atoms with van der Waals surface area (Å²) in [5, 5.41) is 6.50. The summed E-state index contributed by atoms with van der Waals surface area (Å²) in [7, 11) is -3.11. The molecular formula is C16H37IN4O3S. The lowest BCUT2D eigenvalue weighted by molar-refractivity contribution is 0.0258. The minimum absolute atomic E-state index is 0. The van der Waals surface area contributed by atoms with Crippen LogP contribution in [0.1, 0.15) is 47.5 Å². The molecule has 0 aliphatic rings. The monoisotopic (exact) mass is 492 g/mol. The first-order valence-electron chi connectivity index (χ1n) is 8.97. The molecule has 25 heavy (non-hydrogen) atoms. The second kappa shape index (κ2) is 16.1. The SMILES string of the molecule is CCNC(=NCCCNS(=O)(=O)CC)NCCC(OCC)C(C)C.I. The number of nitrogens with one attached hydrogen (secondary N) is 3. The largest absolute Gasteiger partial charge is 0.378 e. The number of aliphatic imine (C=N–C) groups is 1. The zero-order valence-electron chi connectivity index (χ0n) is 16.3. The van der Waals surface area contributed by atoms with Crippen molar-refractivity contribution < 1.29 is 13.2 Å². The Balaban J connectivity index is 0. The molecule has 3 N–H and O–H groups in total. The van der Waals surface area contributed by atoms with E-state index in [-0.39, 0.29) is 35.8 Å². The van der Waals surface area contributed by atoms with Gasteiger partial charge in [-0.1, -0.05) is 13.8 Å². The zero-order valence-corrected chi connectivity index (χ0v) is 19.4. The molecule has 7 nitrogen and oxygen atoms in total. The van der Waals surface area contributed by atoms with E-state index in [2.05, 4.69) is 34.2 Å². The molecule has 0 bridgehead atoms. The maximum absolute atomic E-state index is 11.3. The first-order chi connectivity index (χ1) is 11.4. The van der Waals surface area contributed by atoms with E-state index in [0.29, 0.717) is 25.4 Å². The van der Waals surface area contributed by atoms with Crippen molar-refractivity contribution in [2.75, 3.05) is 38.5 Å². The maximum Gasteiger partial charge on any atom is 0.211 e. The molecule has 152 valence electrons. The summed E-state index contributed by atoms with van der Waals surface area (Å²) in [6.07, 6.45) is 1.84. The lowest BCUT2D eigenvalue weighted by atomic mass is 10.0. The van der Waals surface area contributed by atoms with Crippen molar-refractivity contribution >= 4 is 40.0 Å². The third-order valence-electron chi connectivity index (χ3n) is 3.50. The predicted octanol–water partition coefficient (Wildman–Crippen LogP) is 1.94. The van der Waals surface area contributed by atoms with Gasteiger partial charge in [-0.05, 0) is 39.5 Å². The Kier molecular flexibility index (Phi) is 17.4. The van der Waals surface area contributed by atoms with Crippen LogP contribution in [0.5, 0.6) is 0 Å². The van der Waals surface area contributed by atoms with Gasteiger partial charge in [0.2, 0.25) is 10.0 Å². The van der Waals surface area contributed by atoms with Gasteiger partial charge in [0.25, 0.3) is 0 Å². The van der Waals surface area contributed by atoms with E-state index in [1.807, 2.05) is 13.8 Å². The van der Waals surface area contributed by atoms with Crippen molar-refractivity contribution in [1.29, 1.82) is 0 Å². The second-order valence-electron chi connectivity index (χ2n) is 5.87. The van der Waals surface area contributed by atoms with Crippen molar-refractivity contribution in [2.24, 2.45) is 10.9 Å². The molecule has 9 heteroatoms. The Bertz CT molecular complexity index is 445. The normalized spacial score (nSPS) is 13.4. The minimum Gasteiger partial charge on any atom is -0.378 e. The Labute approximate surface area is 171 Å². The third-order valence-corrected chi connectivity index (χ3v) is 4.90. The predicted molar refractivity (Wildman–Crippen MR) is 116 cm³/mol. The molecule has 0 radical (unpaired) electrons. The van der Waals surface area contributed by atoms with Crippen LogP contribution in [-0.2, 0) is 14.8 Å². The van der Waals surface area contributed by atoms with Crippen LogP contribution in [0.3, 0.4) is 0 Å². The smallest absolute Gasteiger partial charge is 0.211 e. The third kappa shape index (κ3) is 14.7. The second-order valence-corrected chi connectivity index (χ2v) is 7.96. The number of sulfonamides is 1. The topological polar surface area (TPSA) is 91.8 Å². The highest BCUT2D eigenvalue weighted by Gasteiger charge is 2.12. The average Bonchev–Trinajstić information content (AvgIpc) is 2.53. The number of ether oxygens (including phenoxy) is 1. The van der Waals surface area contributed by atoms with Gasteiger partial charge in [-0.25, -0.2) is 13.1 Å². The van der Waals surface area contributed by atoms with Gasteiger partial charge in [0.05, 0.1) is 11.9 Å². The highest BCUT2D eigenvalue weighted by molar-refractivity contribution is 14.0. The van der Waals surface area contributed by atoms with Gasteiger partial charge in [-0.3, -0.25) is 4.99 Å². The van der Waals surface area contributed by atoms with Crippen LogP contribution in [0, 0.1) is 5.92 Å². The van der Waals surface area contributed by atoms with Crippen molar-refractivity contribution in [1.82, 2.24) is 15.4 Å². The quantitative estimate of drug-likeness (QED) is 0.158. The van der Waals surface area contributed by atoms with Crippen LogP contribution < -0.4 is 15.4 Å². The van der Waals surface area contributed by atoms with E-state index in [1.165, 1.54) is 0 Å². The van der Waals surface area contributed by atoms with Crippen LogP contribution in [0.25, 0.3) is 0 Å². The molecule has 1 atom stereocenters. The Morgan fingerprint density at radius 3 is 2.32 bits per heavy atom. The molecule has 0 aliphatic carbocycles. The van der Waals surface area contributed by atoms with E-state index in [0.717, 1.165) is 32.1 Å². The Morgan fingerprint density at radius 1 is 1.12 bits per heavy atom. The van der Waals surface area contributed by atoms with Gasteiger partial charge in [0.15, 0.2) is 5.96 Å². The summed E-state index contributed by atoms with van der Waals surface area (Å²) in [5.74, 6) is 1.35. The van der Waals surface area contributed by atoms with E-state index >= 15 is 0 Å². The van der Waals surface area contributed by atoms with Crippen LogP contribution in [0.15, 0.2) is 4.99 Å². The van der Waals surface area contributed by atoms with Crippen LogP contribution in [0.4, 0.5) is 0 Å². The van der Waals surface area contributed by atoms with E-state index in [1.54, 1.807) is 6.92 Å². The first-order valence-corrected chi connectivity index (χ1v) is 10.6. The Hall–Kier alpha value is -0.130. The lowest BCUT2D eigenvalue weighted by Gasteiger charge is -2.21. The molecular weight excluding hydrogens is 455 g/mol. The van der Waals surface area contributed by atoms with Crippen molar-refractivity contribution in [2.45, 2.75) is 53.6 Å². The van der Waals surface area contributed by atoms with Crippen LogP contribution in [0.2, 0.25) is 0 Å². The van der Waals surface area contributed by atoms with Gasteiger partial charge in [0, 0.05) is 32.8 Å². The molecule has 0 heterocycles. The lowest BCUT2D eigenvalue weighted by Crippen LogP contribution is -2.39. The van der Waals surface area contributed by atoms with Gasteiger partial charge >= 0.3 is 0 Å². The molecule has 0 amide bonds. The van der Waals surface area contributed by atoms with Gasteiger partial charge in [-0.2, -0.15) is 0 Å². The summed E-state index contributed by atoms with van der Waals surface area (Å²) >= 11 is 0. The fourth-order valence-electron chi connectivity index (χ4n) is 2.10. The summed E-state index contributed by atoms with van der Waals surface area (Å²) in [6, 6.07) is 0. The van der Waals surface area contributed by atoms with Crippen molar-refractivity contribution in [3.8, 4) is 0 Å². The summed E-state index contributed by atoms with van der Waals surface area (Å²) < 4.78 is 30.9. The Morgan fingerprint density at radius 2 is 1.80 bits per heavy atom. The molecule has 0 aliphatic heterocycles. The van der Waals surface area contributed by atoms with Gasteiger partial charge in [0.1, 0.15) is 0 Å². The summed E-state index contributed by atoms with van der Waals surface area (Å²) in [5.41, 5.74) is 0. The highest BCUT2D eigenvalue weighted by atomic mass is 127. The maximum atomic E-state index is 11.3. The molecule has 0 aromatic carbocycles.